The van der Waals surface area contributed by atoms with Gasteiger partial charge in [0, 0.05) is 36.5 Å². The van der Waals surface area contributed by atoms with Crippen LogP contribution in [0.4, 0.5) is 0 Å². The van der Waals surface area contributed by atoms with Gasteiger partial charge in [0.2, 0.25) is 0 Å². The first kappa shape index (κ1) is 19.6. The van der Waals surface area contributed by atoms with Crippen molar-refractivity contribution in [2.45, 2.75) is 13.2 Å². The van der Waals surface area contributed by atoms with Crippen molar-refractivity contribution in [1.29, 1.82) is 0 Å². The fourth-order valence-corrected chi connectivity index (χ4v) is 3.29. The minimum atomic E-state index is -0.120. The number of nitrogens with zero attached hydrogens (tertiary/aromatic N) is 2. The number of ether oxygens (including phenoxy) is 1. The first-order chi connectivity index (χ1) is 14.7. The average molecular weight is 397 g/mol. The molecule has 150 valence electrons. The maximum absolute atomic E-state index is 12.6. The molecule has 0 saturated heterocycles. The van der Waals surface area contributed by atoms with Gasteiger partial charge in [0.15, 0.2) is 0 Å². The molecule has 3 aromatic carbocycles. The summed E-state index contributed by atoms with van der Waals surface area (Å²) in [5.74, 6) is -0.120. The number of hydrogen-bond acceptors (Lipinski definition) is 3. The minimum absolute atomic E-state index is 0.120. The van der Waals surface area contributed by atoms with E-state index >= 15 is 0 Å². The summed E-state index contributed by atoms with van der Waals surface area (Å²) >= 11 is 0. The van der Waals surface area contributed by atoms with E-state index in [4.69, 9.17) is 9.84 Å². The van der Waals surface area contributed by atoms with Crippen LogP contribution in [-0.2, 0) is 17.9 Å². The SMILES string of the molecule is COCc1ccc(C(=O)NCc2cn(-c3ccccc3)nc2-c2ccccc2)cc1. The lowest BCUT2D eigenvalue weighted by atomic mass is 10.1. The number of benzene rings is 3. The molecule has 0 saturated carbocycles. The maximum atomic E-state index is 12.6. The van der Waals surface area contributed by atoms with Gasteiger partial charge in [-0.2, -0.15) is 5.10 Å². The van der Waals surface area contributed by atoms with Crippen molar-refractivity contribution in [3.8, 4) is 16.9 Å². The summed E-state index contributed by atoms with van der Waals surface area (Å²) in [6.45, 7) is 0.913. The average Bonchev–Trinajstić information content (AvgIpc) is 3.24. The highest BCUT2D eigenvalue weighted by Crippen LogP contribution is 2.23. The van der Waals surface area contributed by atoms with Gasteiger partial charge >= 0.3 is 0 Å². The van der Waals surface area contributed by atoms with Crippen LogP contribution in [0.15, 0.2) is 91.1 Å². The third-order valence-corrected chi connectivity index (χ3v) is 4.82. The quantitative estimate of drug-likeness (QED) is 0.495. The number of amides is 1. The molecule has 0 aliphatic rings. The van der Waals surface area contributed by atoms with Gasteiger partial charge in [0.05, 0.1) is 18.0 Å². The molecular weight excluding hydrogens is 374 g/mol. The van der Waals surface area contributed by atoms with Crippen molar-refractivity contribution in [3.05, 3.63) is 108 Å². The molecule has 0 atom stereocenters. The highest BCUT2D eigenvalue weighted by Gasteiger charge is 2.14. The Balaban J connectivity index is 1.56. The molecule has 0 radical (unpaired) electrons. The molecule has 1 heterocycles. The Hall–Kier alpha value is -3.70. The van der Waals surface area contributed by atoms with Crippen molar-refractivity contribution >= 4 is 5.91 Å². The smallest absolute Gasteiger partial charge is 0.251 e. The molecule has 0 fully saturated rings. The molecule has 4 rings (SSSR count). The Kier molecular flexibility index (Phi) is 6.01. The van der Waals surface area contributed by atoms with E-state index in [0.717, 1.165) is 28.1 Å². The van der Waals surface area contributed by atoms with Crippen LogP contribution >= 0.6 is 0 Å². The number of hydrogen-bond donors (Lipinski definition) is 1. The Morgan fingerprint density at radius 3 is 2.27 bits per heavy atom. The van der Waals surface area contributed by atoms with Gasteiger partial charge in [-0.3, -0.25) is 4.79 Å². The summed E-state index contributed by atoms with van der Waals surface area (Å²) < 4.78 is 6.97. The lowest BCUT2D eigenvalue weighted by molar-refractivity contribution is 0.0951. The van der Waals surface area contributed by atoms with E-state index in [-0.39, 0.29) is 5.91 Å². The molecule has 0 bridgehead atoms. The van der Waals surface area contributed by atoms with Crippen LogP contribution in [0.5, 0.6) is 0 Å². The normalized spacial score (nSPS) is 10.7. The lowest BCUT2D eigenvalue weighted by Crippen LogP contribution is -2.22. The zero-order valence-electron chi connectivity index (χ0n) is 16.8. The fourth-order valence-electron chi connectivity index (χ4n) is 3.29. The standard InChI is InChI=1S/C25H23N3O2/c1-30-18-19-12-14-21(15-13-19)25(29)26-16-22-17-28(23-10-6-3-7-11-23)27-24(22)20-8-4-2-5-9-20/h2-15,17H,16,18H2,1H3,(H,26,29). The summed E-state index contributed by atoms with van der Waals surface area (Å²) in [7, 11) is 1.65. The Morgan fingerprint density at radius 1 is 0.933 bits per heavy atom. The molecular formula is C25H23N3O2. The zero-order chi connectivity index (χ0) is 20.8. The topological polar surface area (TPSA) is 56.1 Å². The summed E-state index contributed by atoms with van der Waals surface area (Å²) in [4.78, 5) is 12.6. The monoisotopic (exact) mass is 397 g/mol. The van der Waals surface area contributed by atoms with E-state index in [0.29, 0.717) is 18.7 Å². The minimum Gasteiger partial charge on any atom is -0.380 e. The van der Waals surface area contributed by atoms with Gasteiger partial charge in [-0.15, -0.1) is 0 Å². The Labute approximate surface area is 175 Å². The Bertz CT molecular complexity index is 1100. The lowest BCUT2D eigenvalue weighted by Gasteiger charge is -2.07. The van der Waals surface area contributed by atoms with Gasteiger partial charge in [-0.25, -0.2) is 4.68 Å². The highest BCUT2D eigenvalue weighted by molar-refractivity contribution is 5.94. The van der Waals surface area contributed by atoms with Crippen LogP contribution in [-0.4, -0.2) is 22.8 Å². The van der Waals surface area contributed by atoms with Gasteiger partial charge < -0.3 is 10.1 Å². The van der Waals surface area contributed by atoms with E-state index < -0.39 is 0 Å². The first-order valence-corrected chi connectivity index (χ1v) is 9.80. The van der Waals surface area contributed by atoms with E-state index in [9.17, 15) is 4.79 Å². The Morgan fingerprint density at radius 2 is 1.60 bits per heavy atom. The second-order valence-electron chi connectivity index (χ2n) is 6.96. The molecule has 0 aliphatic heterocycles. The summed E-state index contributed by atoms with van der Waals surface area (Å²) in [5.41, 5.74) is 5.45. The fraction of sp³-hybridized carbons (Fsp3) is 0.120. The van der Waals surface area contributed by atoms with Crippen LogP contribution in [0.25, 0.3) is 16.9 Å². The summed E-state index contributed by atoms with van der Waals surface area (Å²) in [5, 5.41) is 7.80. The van der Waals surface area contributed by atoms with Crippen molar-refractivity contribution < 1.29 is 9.53 Å². The summed E-state index contributed by atoms with van der Waals surface area (Å²) in [6, 6.07) is 27.4. The van der Waals surface area contributed by atoms with Crippen molar-refractivity contribution in [1.82, 2.24) is 15.1 Å². The van der Waals surface area contributed by atoms with Gasteiger partial charge in [-0.05, 0) is 29.8 Å². The van der Waals surface area contributed by atoms with Gasteiger partial charge in [0.25, 0.3) is 5.91 Å². The van der Waals surface area contributed by atoms with Gasteiger partial charge in [0.1, 0.15) is 0 Å². The third kappa shape index (κ3) is 4.47. The van der Waals surface area contributed by atoms with Crippen molar-refractivity contribution in [3.63, 3.8) is 0 Å². The molecule has 4 aromatic rings. The van der Waals surface area contributed by atoms with E-state index in [2.05, 4.69) is 5.32 Å². The third-order valence-electron chi connectivity index (χ3n) is 4.82. The van der Waals surface area contributed by atoms with E-state index in [1.54, 1.807) is 7.11 Å². The van der Waals surface area contributed by atoms with Crippen molar-refractivity contribution in [2.24, 2.45) is 0 Å². The number of para-hydroxylation sites is 1. The predicted octanol–water partition coefficient (Wildman–Crippen LogP) is 4.62. The molecule has 0 aliphatic carbocycles. The first-order valence-electron chi connectivity index (χ1n) is 9.80. The molecule has 0 spiro atoms. The molecule has 5 heteroatoms. The number of methoxy groups -OCH3 is 1. The van der Waals surface area contributed by atoms with E-state index in [1.165, 1.54) is 0 Å². The maximum Gasteiger partial charge on any atom is 0.251 e. The van der Waals surface area contributed by atoms with Gasteiger partial charge in [-0.1, -0.05) is 60.7 Å². The number of nitrogens with one attached hydrogen (secondary N) is 1. The van der Waals surface area contributed by atoms with Crippen molar-refractivity contribution in [2.75, 3.05) is 7.11 Å². The molecule has 1 aromatic heterocycles. The molecule has 0 unspecified atom stereocenters. The zero-order valence-corrected chi connectivity index (χ0v) is 16.8. The number of aromatic nitrogens is 2. The molecule has 1 N–H and O–H groups in total. The van der Waals surface area contributed by atoms with Crippen LogP contribution in [0.1, 0.15) is 21.5 Å². The number of rotatable bonds is 7. The van der Waals surface area contributed by atoms with Crippen LogP contribution in [0, 0.1) is 0 Å². The second-order valence-corrected chi connectivity index (χ2v) is 6.96. The van der Waals surface area contributed by atoms with Crippen LogP contribution in [0.3, 0.4) is 0 Å². The number of carbonyl (C=O) groups excluding carboxylic acids is 1. The molecule has 5 nitrogen and oxygen atoms in total. The molecule has 30 heavy (non-hydrogen) atoms. The molecule has 1 amide bonds. The largest absolute Gasteiger partial charge is 0.380 e. The number of carbonyl (C=O) groups is 1. The van der Waals surface area contributed by atoms with Crippen LogP contribution < -0.4 is 5.32 Å². The second kappa shape index (κ2) is 9.20. The van der Waals surface area contributed by atoms with E-state index in [1.807, 2.05) is 95.8 Å². The van der Waals surface area contributed by atoms with Crippen LogP contribution in [0.2, 0.25) is 0 Å². The predicted molar refractivity (Wildman–Crippen MR) is 117 cm³/mol. The highest BCUT2D eigenvalue weighted by atomic mass is 16.5. The summed E-state index contributed by atoms with van der Waals surface area (Å²) in [6.07, 6.45) is 1.97.